The molecule has 0 saturated carbocycles. The standard InChI is InChI=1S/C9H14BrF3OS/c1-7-8(6-10,2-4-14-7)3-5-15-9(11,12)13/h7H,2-6H2,1H3. The Kier molecular flexibility index (Phi) is 4.80. The molecule has 0 aliphatic carbocycles. The van der Waals surface area contributed by atoms with Gasteiger partial charge in [-0.05, 0) is 19.8 Å². The Morgan fingerprint density at radius 3 is 2.60 bits per heavy atom. The van der Waals surface area contributed by atoms with E-state index < -0.39 is 5.51 Å². The maximum Gasteiger partial charge on any atom is 0.441 e. The first kappa shape index (κ1) is 13.6. The topological polar surface area (TPSA) is 9.23 Å². The molecule has 6 heteroatoms. The fraction of sp³-hybridized carbons (Fsp3) is 1.00. The van der Waals surface area contributed by atoms with Crippen molar-refractivity contribution in [2.45, 2.75) is 31.4 Å². The Morgan fingerprint density at radius 1 is 1.53 bits per heavy atom. The summed E-state index contributed by atoms with van der Waals surface area (Å²) in [7, 11) is 0. The van der Waals surface area contributed by atoms with Crippen LogP contribution in [0.5, 0.6) is 0 Å². The van der Waals surface area contributed by atoms with Gasteiger partial charge in [0.25, 0.3) is 0 Å². The molecule has 0 amide bonds. The minimum atomic E-state index is -4.11. The quantitative estimate of drug-likeness (QED) is 0.730. The lowest BCUT2D eigenvalue weighted by molar-refractivity contribution is -0.0330. The Bertz CT molecular complexity index is 212. The summed E-state index contributed by atoms with van der Waals surface area (Å²) in [5.41, 5.74) is -4.23. The summed E-state index contributed by atoms with van der Waals surface area (Å²) in [5, 5.41) is 0.708. The van der Waals surface area contributed by atoms with Crippen LogP contribution in [0.3, 0.4) is 0 Å². The average Bonchev–Trinajstić information content (AvgIpc) is 2.46. The first-order chi connectivity index (χ1) is 6.90. The molecule has 0 aromatic heterocycles. The Hall–Kier alpha value is 0.580. The van der Waals surface area contributed by atoms with Gasteiger partial charge in [0.15, 0.2) is 0 Å². The smallest absolute Gasteiger partial charge is 0.378 e. The van der Waals surface area contributed by atoms with Crippen molar-refractivity contribution in [3.05, 3.63) is 0 Å². The van der Waals surface area contributed by atoms with Crippen molar-refractivity contribution in [1.82, 2.24) is 0 Å². The molecule has 2 unspecified atom stereocenters. The lowest BCUT2D eigenvalue weighted by Gasteiger charge is -2.30. The molecule has 1 aliphatic rings. The highest BCUT2D eigenvalue weighted by Crippen LogP contribution is 2.42. The summed E-state index contributed by atoms with van der Waals surface area (Å²) in [5.74, 6) is 0.114. The molecule has 0 N–H and O–H groups in total. The van der Waals surface area contributed by atoms with Crippen LogP contribution in [0.25, 0.3) is 0 Å². The zero-order valence-corrected chi connectivity index (χ0v) is 10.8. The van der Waals surface area contributed by atoms with Gasteiger partial charge in [0, 0.05) is 23.1 Å². The van der Waals surface area contributed by atoms with Gasteiger partial charge in [-0.3, -0.25) is 0 Å². The molecular formula is C9H14BrF3OS. The molecular weight excluding hydrogens is 293 g/mol. The lowest BCUT2D eigenvalue weighted by Crippen LogP contribution is -2.31. The Labute approximate surface area is 100 Å². The monoisotopic (exact) mass is 306 g/mol. The third kappa shape index (κ3) is 3.82. The predicted octanol–water partition coefficient (Wildman–Crippen LogP) is 3.82. The van der Waals surface area contributed by atoms with Gasteiger partial charge in [-0.15, -0.1) is 0 Å². The second-order valence-corrected chi connectivity index (χ2v) is 5.52. The molecule has 1 aliphatic heterocycles. The van der Waals surface area contributed by atoms with E-state index >= 15 is 0 Å². The minimum Gasteiger partial charge on any atom is -0.378 e. The van der Waals surface area contributed by atoms with Crippen molar-refractivity contribution in [3.63, 3.8) is 0 Å². The highest BCUT2D eigenvalue weighted by atomic mass is 79.9. The van der Waals surface area contributed by atoms with Crippen molar-refractivity contribution in [2.75, 3.05) is 17.7 Å². The summed E-state index contributed by atoms with van der Waals surface area (Å²) < 4.78 is 41.3. The van der Waals surface area contributed by atoms with E-state index in [-0.39, 0.29) is 29.0 Å². The summed E-state index contributed by atoms with van der Waals surface area (Å²) >= 11 is 3.44. The van der Waals surface area contributed by atoms with Gasteiger partial charge in [0.2, 0.25) is 0 Å². The largest absolute Gasteiger partial charge is 0.441 e. The van der Waals surface area contributed by atoms with Gasteiger partial charge in [0.1, 0.15) is 0 Å². The zero-order valence-electron chi connectivity index (χ0n) is 8.44. The molecule has 90 valence electrons. The molecule has 0 radical (unpaired) electrons. The number of alkyl halides is 4. The van der Waals surface area contributed by atoms with E-state index in [0.717, 1.165) is 6.42 Å². The molecule has 1 nitrogen and oxygen atoms in total. The van der Waals surface area contributed by atoms with Crippen molar-refractivity contribution in [1.29, 1.82) is 0 Å². The number of hydrogen-bond donors (Lipinski definition) is 0. The summed E-state index contributed by atoms with van der Waals surface area (Å²) in [6.45, 7) is 2.59. The lowest BCUT2D eigenvalue weighted by atomic mass is 9.81. The molecule has 1 saturated heterocycles. The highest BCUT2D eigenvalue weighted by molar-refractivity contribution is 9.09. The molecule has 1 fully saturated rings. The molecule has 1 rings (SSSR count). The summed E-state index contributed by atoms with van der Waals surface area (Å²) in [6, 6.07) is 0. The first-order valence-corrected chi connectivity index (χ1v) is 6.89. The third-order valence-corrected chi connectivity index (χ3v) is 4.81. The minimum absolute atomic E-state index is 0.0470. The predicted molar refractivity (Wildman–Crippen MR) is 59.4 cm³/mol. The number of thioether (sulfide) groups is 1. The summed E-state index contributed by atoms with van der Waals surface area (Å²) in [6.07, 6.45) is 1.44. The first-order valence-electron chi connectivity index (χ1n) is 4.78. The normalized spacial score (nSPS) is 32.2. The number of rotatable bonds is 4. The van der Waals surface area contributed by atoms with Crippen LogP contribution in [0.15, 0.2) is 0 Å². The van der Waals surface area contributed by atoms with Gasteiger partial charge in [-0.25, -0.2) is 0 Å². The van der Waals surface area contributed by atoms with Gasteiger partial charge >= 0.3 is 5.51 Å². The highest BCUT2D eigenvalue weighted by Gasteiger charge is 2.41. The van der Waals surface area contributed by atoms with Crippen LogP contribution in [0.4, 0.5) is 13.2 Å². The van der Waals surface area contributed by atoms with Crippen molar-refractivity contribution < 1.29 is 17.9 Å². The Balaban J connectivity index is 2.41. The van der Waals surface area contributed by atoms with Crippen LogP contribution >= 0.6 is 27.7 Å². The van der Waals surface area contributed by atoms with Crippen LogP contribution < -0.4 is 0 Å². The molecule has 1 heterocycles. The van der Waals surface area contributed by atoms with Crippen LogP contribution in [-0.4, -0.2) is 29.3 Å². The number of halogens is 4. The number of hydrogen-bond acceptors (Lipinski definition) is 2. The van der Waals surface area contributed by atoms with Crippen LogP contribution in [0.1, 0.15) is 19.8 Å². The molecule has 2 atom stereocenters. The van der Waals surface area contributed by atoms with E-state index in [1.165, 1.54) is 0 Å². The second kappa shape index (κ2) is 5.27. The van der Waals surface area contributed by atoms with Gasteiger partial charge in [-0.1, -0.05) is 27.7 Å². The van der Waals surface area contributed by atoms with Crippen molar-refractivity contribution >= 4 is 27.7 Å². The van der Waals surface area contributed by atoms with E-state index in [1.54, 1.807) is 0 Å². The van der Waals surface area contributed by atoms with E-state index in [4.69, 9.17) is 4.74 Å². The maximum absolute atomic E-state index is 12.0. The molecule has 0 aromatic carbocycles. The zero-order chi connectivity index (χ0) is 11.5. The van der Waals surface area contributed by atoms with Crippen molar-refractivity contribution in [3.8, 4) is 0 Å². The van der Waals surface area contributed by atoms with Crippen molar-refractivity contribution in [2.24, 2.45) is 5.41 Å². The van der Waals surface area contributed by atoms with Gasteiger partial charge < -0.3 is 4.74 Å². The Morgan fingerprint density at radius 2 is 2.20 bits per heavy atom. The van der Waals surface area contributed by atoms with E-state index in [1.807, 2.05) is 6.92 Å². The van der Waals surface area contributed by atoms with E-state index in [9.17, 15) is 13.2 Å². The fourth-order valence-electron chi connectivity index (χ4n) is 1.76. The fourth-order valence-corrected chi connectivity index (χ4v) is 3.52. The number of ether oxygens (including phenoxy) is 1. The van der Waals surface area contributed by atoms with E-state index in [0.29, 0.717) is 18.4 Å². The maximum atomic E-state index is 12.0. The van der Waals surface area contributed by atoms with Gasteiger partial charge in [-0.2, -0.15) is 13.2 Å². The van der Waals surface area contributed by atoms with Crippen LogP contribution in [0, 0.1) is 5.41 Å². The van der Waals surface area contributed by atoms with Crippen LogP contribution in [0.2, 0.25) is 0 Å². The second-order valence-electron chi connectivity index (χ2n) is 3.80. The van der Waals surface area contributed by atoms with E-state index in [2.05, 4.69) is 15.9 Å². The molecule has 0 aromatic rings. The summed E-state index contributed by atoms with van der Waals surface area (Å²) in [4.78, 5) is 0. The average molecular weight is 307 g/mol. The SMILES string of the molecule is CC1OCCC1(CBr)CCSC(F)(F)F. The molecule has 0 spiro atoms. The van der Waals surface area contributed by atoms with Gasteiger partial charge in [0.05, 0.1) is 6.10 Å². The third-order valence-electron chi connectivity index (χ3n) is 2.96. The van der Waals surface area contributed by atoms with Crippen LogP contribution in [-0.2, 0) is 4.74 Å². The molecule has 15 heavy (non-hydrogen) atoms. The molecule has 0 bridgehead atoms.